The highest BCUT2D eigenvalue weighted by molar-refractivity contribution is 14.0. The SMILES string of the molecule is COc1ccc(CN=C(N)NC(C)(C)C)cc1Cl.I. The lowest BCUT2D eigenvalue weighted by Crippen LogP contribution is -2.44. The van der Waals surface area contributed by atoms with Gasteiger partial charge in [0.15, 0.2) is 5.96 Å². The molecule has 6 heteroatoms. The van der Waals surface area contributed by atoms with Crippen LogP contribution in [0.2, 0.25) is 5.02 Å². The van der Waals surface area contributed by atoms with Crippen LogP contribution >= 0.6 is 35.6 Å². The zero-order chi connectivity index (χ0) is 13.8. The topological polar surface area (TPSA) is 59.6 Å². The van der Waals surface area contributed by atoms with Crippen LogP contribution in [-0.2, 0) is 6.54 Å². The number of hydrogen-bond acceptors (Lipinski definition) is 2. The van der Waals surface area contributed by atoms with E-state index in [2.05, 4.69) is 10.3 Å². The second kappa shape index (κ2) is 7.79. The van der Waals surface area contributed by atoms with E-state index < -0.39 is 0 Å². The summed E-state index contributed by atoms with van der Waals surface area (Å²) in [6, 6.07) is 5.56. The van der Waals surface area contributed by atoms with Crippen LogP contribution in [0.25, 0.3) is 0 Å². The summed E-state index contributed by atoms with van der Waals surface area (Å²) in [5.74, 6) is 1.08. The molecule has 0 aliphatic carbocycles. The minimum atomic E-state index is -0.0921. The van der Waals surface area contributed by atoms with Crippen LogP contribution in [-0.4, -0.2) is 18.6 Å². The van der Waals surface area contributed by atoms with Crippen molar-refractivity contribution in [3.8, 4) is 5.75 Å². The second-order valence-electron chi connectivity index (χ2n) is 5.05. The maximum absolute atomic E-state index is 6.03. The smallest absolute Gasteiger partial charge is 0.189 e. The number of rotatable bonds is 3. The fraction of sp³-hybridized carbons (Fsp3) is 0.462. The van der Waals surface area contributed by atoms with Crippen molar-refractivity contribution in [2.45, 2.75) is 32.9 Å². The van der Waals surface area contributed by atoms with Crippen LogP contribution in [0.15, 0.2) is 23.2 Å². The minimum absolute atomic E-state index is 0. The number of nitrogens with zero attached hydrogens (tertiary/aromatic N) is 1. The maximum atomic E-state index is 6.03. The number of ether oxygens (including phenoxy) is 1. The average molecular weight is 398 g/mol. The molecule has 0 aliphatic heterocycles. The lowest BCUT2D eigenvalue weighted by Gasteiger charge is -2.21. The summed E-state index contributed by atoms with van der Waals surface area (Å²) in [6.07, 6.45) is 0. The van der Waals surface area contributed by atoms with E-state index in [1.807, 2.05) is 39.0 Å². The Hall–Kier alpha value is -0.690. The number of methoxy groups -OCH3 is 1. The van der Waals surface area contributed by atoms with Crippen LogP contribution in [0.4, 0.5) is 0 Å². The molecule has 0 fully saturated rings. The predicted octanol–water partition coefficient (Wildman–Crippen LogP) is 3.17. The first-order valence-electron chi connectivity index (χ1n) is 5.72. The van der Waals surface area contributed by atoms with Gasteiger partial charge in [-0.05, 0) is 38.5 Å². The van der Waals surface area contributed by atoms with Gasteiger partial charge < -0.3 is 15.8 Å². The van der Waals surface area contributed by atoms with Crippen LogP contribution < -0.4 is 15.8 Å². The molecular formula is C13H21ClIN3O. The zero-order valence-corrected chi connectivity index (χ0v) is 14.7. The average Bonchev–Trinajstić information content (AvgIpc) is 2.24. The largest absolute Gasteiger partial charge is 0.495 e. The summed E-state index contributed by atoms with van der Waals surface area (Å²) in [5.41, 5.74) is 6.68. The summed E-state index contributed by atoms with van der Waals surface area (Å²) in [4.78, 5) is 4.26. The van der Waals surface area contributed by atoms with Crippen molar-refractivity contribution in [3.63, 3.8) is 0 Å². The number of nitrogens with one attached hydrogen (secondary N) is 1. The first-order chi connectivity index (χ1) is 8.31. The standard InChI is InChI=1S/C13H20ClN3O.HI/c1-13(2,3)17-12(15)16-8-9-5-6-11(18-4)10(14)7-9;/h5-7H,8H2,1-4H3,(H3,15,16,17);1H. The Morgan fingerprint density at radius 3 is 2.53 bits per heavy atom. The first kappa shape index (κ1) is 18.3. The Labute approximate surface area is 136 Å². The molecule has 1 rings (SSSR count). The van der Waals surface area contributed by atoms with Crippen molar-refractivity contribution in [2.75, 3.05) is 7.11 Å². The van der Waals surface area contributed by atoms with Gasteiger partial charge >= 0.3 is 0 Å². The van der Waals surface area contributed by atoms with Gasteiger partial charge in [0, 0.05) is 5.54 Å². The molecule has 4 nitrogen and oxygen atoms in total. The second-order valence-corrected chi connectivity index (χ2v) is 5.45. The Balaban J connectivity index is 0.00000324. The third-order valence-corrected chi connectivity index (χ3v) is 2.45. The number of halogens is 2. The number of benzene rings is 1. The molecule has 0 saturated heterocycles. The summed E-state index contributed by atoms with van der Waals surface area (Å²) in [5, 5.41) is 3.67. The normalized spacial score (nSPS) is 11.7. The highest BCUT2D eigenvalue weighted by Crippen LogP contribution is 2.25. The quantitative estimate of drug-likeness (QED) is 0.468. The number of aliphatic imine (C=N–C) groups is 1. The monoisotopic (exact) mass is 397 g/mol. The summed E-state index contributed by atoms with van der Waals surface area (Å²) in [7, 11) is 1.59. The Morgan fingerprint density at radius 1 is 1.42 bits per heavy atom. The molecule has 108 valence electrons. The number of nitrogens with two attached hydrogens (primary N) is 1. The van der Waals surface area contributed by atoms with E-state index in [1.54, 1.807) is 7.11 Å². The van der Waals surface area contributed by atoms with Crippen LogP contribution in [0.3, 0.4) is 0 Å². The Bertz CT molecular complexity index is 444. The van der Waals surface area contributed by atoms with Crippen LogP contribution in [0, 0.1) is 0 Å². The van der Waals surface area contributed by atoms with Gasteiger partial charge in [-0.3, -0.25) is 0 Å². The fourth-order valence-electron chi connectivity index (χ4n) is 1.41. The van der Waals surface area contributed by atoms with Crippen molar-refractivity contribution >= 4 is 41.5 Å². The summed E-state index contributed by atoms with van der Waals surface area (Å²) < 4.78 is 5.09. The van der Waals surface area contributed by atoms with Gasteiger partial charge in [-0.15, -0.1) is 24.0 Å². The number of guanidine groups is 1. The molecular weight excluding hydrogens is 377 g/mol. The molecule has 0 amide bonds. The van der Waals surface area contributed by atoms with Gasteiger partial charge in [-0.1, -0.05) is 17.7 Å². The highest BCUT2D eigenvalue weighted by Gasteiger charge is 2.09. The van der Waals surface area contributed by atoms with Crippen molar-refractivity contribution in [1.29, 1.82) is 0 Å². The van der Waals surface area contributed by atoms with E-state index in [9.17, 15) is 0 Å². The van der Waals surface area contributed by atoms with Crippen molar-refractivity contribution in [1.82, 2.24) is 5.32 Å². The van der Waals surface area contributed by atoms with Crippen molar-refractivity contribution in [3.05, 3.63) is 28.8 Å². The van der Waals surface area contributed by atoms with Crippen LogP contribution in [0.5, 0.6) is 5.75 Å². The van der Waals surface area contributed by atoms with Crippen molar-refractivity contribution < 1.29 is 4.74 Å². The third-order valence-electron chi connectivity index (χ3n) is 2.15. The molecule has 0 spiro atoms. The minimum Gasteiger partial charge on any atom is -0.495 e. The highest BCUT2D eigenvalue weighted by atomic mass is 127. The Morgan fingerprint density at radius 2 is 2.05 bits per heavy atom. The zero-order valence-electron chi connectivity index (χ0n) is 11.7. The molecule has 1 aromatic rings. The maximum Gasteiger partial charge on any atom is 0.189 e. The van der Waals surface area contributed by atoms with E-state index in [-0.39, 0.29) is 29.5 Å². The molecule has 0 saturated carbocycles. The fourth-order valence-corrected chi connectivity index (χ4v) is 1.69. The van der Waals surface area contributed by atoms with Gasteiger partial charge in [-0.25, -0.2) is 4.99 Å². The molecule has 19 heavy (non-hydrogen) atoms. The molecule has 1 aromatic carbocycles. The van der Waals surface area contributed by atoms with Crippen LogP contribution in [0.1, 0.15) is 26.3 Å². The van der Waals surface area contributed by atoms with Gasteiger partial charge in [0.2, 0.25) is 0 Å². The van der Waals surface area contributed by atoms with E-state index >= 15 is 0 Å². The molecule has 0 radical (unpaired) electrons. The first-order valence-corrected chi connectivity index (χ1v) is 6.10. The molecule has 0 bridgehead atoms. The van der Waals surface area contributed by atoms with E-state index in [1.165, 1.54) is 0 Å². The van der Waals surface area contributed by atoms with E-state index in [4.69, 9.17) is 22.1 Å². The van der Waals surface area contributed by atoms with Gasteiger partial charge in [0.25, 0.3) is 0 Å². The molecule has 0 aromatic heterocycles. The molecule has 0 unspecified atom stereocenters. The van der Waals surface area contributed by atoms with E-state index in [0.29, 0.717) is 23.3 Å². The summed E-state index contributed by atoms with van der Waals surface area (Å²) in [6.45, 7) is 6.57. The van der Waals surface area contributed by atoms with E-state index in [0.717, 1.165) is 5.56 Å². The molecule has 0 atom stereocenters. The van der Waals surface area contributed by atoms with Gasteiger partial charge in [0.05, 0.1) is 18.7 Å². The van der Waals surface area contributed by atoms with Crippen molar-refractivity contribution in [2.24, 2.45) is 10.7 Å². The predicted molar refractivity (Wildman–Crippen MR) is 91.6 cm³/mol. The Kier molecular flexibility index (Phi) is 7.51. The number of hydrogen-bond donors (Lipinski definition) is 2. The summed E-state index contributed by atoms with van der Waals surface area (Å²) >= 11 is 6.03. The molecule has 0 heterocycles. The van der Waals surface area contributed by atoms with Gasteiger partial charge in [-0.2, -0.15) is 0 Å². The lowest BCUT2D eigenvalue weighted by atomic mass is 10.1. The third kappa shape index (κ3) is 6.87. The molecule has 0 aliphatic rings. The molecule has 3 N–H and O–H groups in total. The lowest BCUT2D eigenvalue weighted by molar-refractivity contribution is 0.415. The van der Waals surface area contributed by atoms with Gasteiger partial charge in [0.1, 0.15) is 5.75 Å².